The number of ether oxygens (including phenoxy) is 1. The van der Waals surface area contributed by atoms with Gasteiger partial charge in [0.05, 0.1) is 5.52 Å². The fraction of sp³-hybridized carbons (Fsp3) is 0.500. The van der Waals surface area contributed by atoms with Gasteiger partial charge in [0.1, 0.15) is 16.3 Å². The van der Waals surface area contributed by atoms with Crippen molar-refractivity contribution in [2.45, 2.75) is 39.2 Å². The minimum Gasteiger partial charge on any atom is -0.444 e. The van der Waals surface area contributed by atoms with Crippen molar-refractivity contribution in [1.82, 2.24) is 20.3 Å². The molecule has 0 unspecified atom stereocenters. The summed E-state index contributed by atoms with van der Waals surface area (Å²) in [5.41, 5.74) is 0.909. The number of unbranched alkanes of at least 4 members (excludes halogenated alkanes) is 1. The molecule has 130 valence electrons. The van der Waals surface area contributed by atoms with Crippen LogP contribution in [0.4, 0.5) is 10.6 Å². The topological polar surface area (TPSA) is 89.0 Å². The van der Waals surface area contributed by atoms with Gasteiger partial charge in [0.25, 0.3) is 0 Å². The number of rotatable bonds is 6. The summed E-state index contributed by atoms with van der Waals surface area (Å²) in [6, 6.07) is 1.68. The molecule has 0 aromatic carbocycles. The highest BCUT2D eigenvalue weighted by Crippen LogP contribution is 2.20. The molecule has 2 heterocycles. The van der Waals surface area contributed by atoms with Crippen LogP contribution in [-0.2, 0) is 4.74 Å². The lowest BCUT2D eigenvalue weighted by Crippen LogP contribution is -2.33. The normalized spacial score (nSPS) is 11.3. The molecule has 2 N–H and O–H groups in total. The fourth-order valence-electron chi connectivity index (χ4n) is 2.03. The number of fused-ring (bicyclic) bond motifs is 1. The summed E-state index contributed by atoms with van der Waals surface area (Å²) in [4.78, 5) is 24.3. The highest BCUT2D eigenvalue weighted by molar-refractivity contribution is 6.30. The predicted molar refractivity (Wildman–Crippen MR) is 94.3 cm³/mol. The number of pyridine rings is 1. The number of nitrogens with zero attached hydrogens (tertiary/aromatic N) is 3. The Bertz CT molecular complexity index is 702. The third-order valence-electron chi connectivity index (χ3n) is 2.99. The highest BCUT2D eigenvalue weighted by atomic mass is 35.5. The number of carbonyl (C=O) groups is 1. The van der Waals surface area contributed by atoms with Crippen molar-refractivity contribution in [2.75, 3.05) is 18.4 Å². The van der Waals surface area contributed by atoms with Gasteiger partial charge in [-0.1, -0.05) is 11.6 Å². The second-order valence-corrected chi connectivity index (χ2v) is 6.67. The summed E-state index contributed by atoms with van der Waals surface area (Å²) in [5.74, 6) is 0.616. The largest absolute Gasteiger partial charge is 0.444 e. The maximum atomic E-state index is 11.5. The van der Waals surface area contributed by atoms with Crippen molar-refractivity contribution >= 4 is 34.5 Å². The zero-order valence-electron chi connectivity index (χ0n) is 14.1. The van der Waals surface area contributed by atoms with Crippen molar-refractivity contribution in [3.05, 3.63) is 23.6 Å². The molecule has 24 heavy (non-hydrogen) atoms. The standard InChI is InChI=1S/C16H22ClN5O2/c1-16(2,3)24-15(23)21-7-5-4-6-20-14-13-11(10-12(17)22-14)18-8-9-19-13/h8-10H,4-7H2,1-3H3,(H,20,22)(H,21,23). The lowest BCUT2D eigenvalue weighted by atomic mass is 10.2. The highest BCUT2D eigenvalue weighted by Gasteiger charge is 2.15. The lowest BCUT2D eigenvalue weighted by Gasteiger charge is -2.19. The molecule has 0 fully saturated rings. The third kappa shape index (κ3) is 5.81. The SMILES string of the molecule is CC(C)(C)OC(=O)NCCCCNc1nc(Cl)cc2nccnc12. The minimum atomic E-state index is -0.480. The summed E-state index contributed by atoms with van der Waals surface area (Å²) < 4.78 is 5.17. The molecular formula is C16H22ClN5O2. The van der Waals surface area contributed by atoms with Gasteiger partial charge in [-0.3, -0.25) is 4.98 Å². The first kappa shape index (κ1) is 18.2. The number of hydrogen-bond acceptors (Lipinski definition) is 6. The Morgan fingerprint density at radius 3 is 2.67 bits per heavy atom. The van der Waals surface area contributed by atoms with Crippen LogP contribution in [0.15, 0.2) is 18.5 Å². The molecule has 2 rings (SSSR count). The van der Waals surface area contributed by atoms with Crippen molar-refractivity contribution in [2.24, 2.45) is 0 Å². The van der Waals surface area contributed by atoms with Crippen LogP contribution < -0.4 is 10.6 Å². The number of aromatic nitrogens is 3. The van der Waals surface area contributed by atoms with Gasteiger partial charge < -0.3 is 15.4 Å². The molecule has 0 aliphatic rings. The molecule has 0 spiro atoms. The Labute approximate surface area is 146 Å². The number of nitrogens with one attached hydrogen (secondary N) is 2. The van der Waals surface area contributed by atoms with Gasteiger partial charge in [-0.15, -0.1) is 0 Å². The molecule has 1 amide bonds. The molecule has 0 aliphatic carbocycles. The van der Waals surface area contributed by atoms with Gasteiger partial charge in [-0.25, -0.2) is 14.8 Å². The van der Waals surface area contributed by atoms with Gasteiger partial charge in [0.2, 0.25) is 0 Å². The van der Waals surface area contributed by atoms with Gasteiger partial charge >= 0.3 is 6.09 Å². The number of carbonyl (C=O) groups excluding carboxylic acids is 1. The molecule has 2 aromatic rings. The van der Waals surface area contributed by atoms with Crippen LogP contribution in [0, 0.1) is 0 Å². The van der Waals surface area contributed by atoms with E-state index in [9.17, 15) is 4.79 Å². The summed E-state index contributed by atoms with van der Waals surface area (Å²) in [6.07, 6.45) is 4.51. The Hall–Kier alpha value is -2.15. The molecule has 0 saturated carbocycles. The van der Waals surface area contributed by atoms with Crippen LogP contribution in [0.25, 0.3) is 11.0 Å². The van der Waals surface area contributed by atoms with Crippen LogP contribution in [0.3, 0.4) is 0 Å². The van der Waals surface area contributed by atoms with Gasteiger partial charge in [0.15, 0.2) is 5.82 Å². The molecule has 0 aliphatic heterocycles. The van der Waals surface area contributed by atoms with E-state index >= 15 is 0 Å². The second kappa shape index (κ2) is 8.10. The maximum Gasteiger partial charge on any atom is 0.407 e. The average molecular weight is 352 g/mol. The minimum absolute atomic E-state index is 0.372. The predicted octanol–water partition coefficient (Wildman–Crippen LogP) is 3.40. The van der Waals surface area contributed by atoms with Crippen LogP contribution >= 0.6 is 11.6 Å². The van der Waals surface area contributed by atoms with E-state index in [4.69, 9.17) is 16.3 Å². The number of halogens is 1. The fourth-order valence-corrected chi connectivity index (χ4v) is 2.21. The molecule has 7 nitrogen and oxygen atoms in total. The van der Waals surface area contributed by atoms with E-state index in [1.165, 1.54) is 0 Å². The number of amides is 1. The Morgan fingerprint density at radius 2 is 1.92 bits per heavy atom. The monoisotopic (exact) mass is 351 g/mol. The van der Waals surface area contributed by atoms with Crippen LogP contribution in [0.2, 0.25) is 5.15 Å². The second-order valence-electron chi connectivity index (χ2n) is 6.28. The van der Waals surface area contributed by atoms with E-state index in [1.54, 1.807) is 18.5 Å². The van der Waals surface area contributed by atoms with Crippen molar-refractivity contribution in [3.8, 4) is 0 Å². The zero-order valence-corrected chi connectivity index (χ0v) is 14.9. The Balaban J connectivity index is 1.74. The smallest absolute Gasteiger partial charge is 0.407 e. The van der Waals surface area contributed by atoms with Crippen molar-refractivity contribution in [3.63, 3.8) is 0 Å². The van der Waals surface area contributed by atoms with Crippen LogP contribution in [-0.4, -0.2) is 39.7 Å². The summed E-state index contributed by atoms with van der Waals surface area (Å²) >= 11 is 5.99. The third-order valence-corrected chi connectivity index (χ3v) is 3.18. The molecule has 0 radical (unpaired) electrons. The average Bonchev–Trinajstić information content (AvgIpc) is 2.48. The maximum absolute atomic E-state index is 11.5. The molecular weight excluding hydrogens is 330 g/mol. The first-order valence-electron chi connectivity index (χ1n) is 7.83. The number of alkyl carbamates (subject to hydrolysis) is 1. The molecule has 0 saturated heterocycles. The summed E-state index contributed by atoms with van der Waals surface area (Å²) in [7, 11) is 0. The van der Waals surface area contributed by atoms with E-state index in [0.717, 1.165) is 12.8 Å². The zero-order chi connectivity index (χ0) is 17.6. The summed E-state index contributed by atoms with van der Waals surface area (Å²) in [5, 5.41) is 6.31. The Morgan fingerprint density at radius 1 is 1.21 bits per heavy atom. The van der Waals surface area contributed by atoms with Gasteiger partial charge in [-0.05, 0) is 33.6 Å². The van der Waals surface area contributed by atoms with Crippen molar-refractivity contribution in [1.29, 1.82) is 0 Å². The van der Waals surface area contributed by atoms with E-state index in [1.807, 2.05) is 20.8 Å². The molecule has 0 bridgehead atoms. The first-order valence-corrected chi connectivity index (χ1v) is 8.21. The van der Waals surface area contributed by atoms with E-state index < -0.39 is 11.7 Å². The van der Waals surface area contributed by atoms with E-state index in [-0.39, 0.29) is 0 Å². The number of anilines is 1. The quantitative estimate of drug-likeness (QED) is 0.612. The molecule has 0 atom stereocenters. The van der Waals surface area contributed by atoms with E-state index in [2.05, 4.69) is 25.6 Å². The van der Waals surface area contributed by atoms with Crippen molar-refractivity contribution < 1.29 is 9.53 Å². The summed E-state index contributed by atoms with van der Waals surface area (Å²) in [6.45, 7) is 6.75. The lowest BCUT2D eigenvalue weighted by molar-refractivity contribution is 0.0527. The van der Waals surface area contributed by atoms with E-state index in [0.29, 0.717) is 35.1 Å². The van der Waals surface area contributed by atoms with Gasteiger partial charge in [-0.2, -0.15) is 0 Å². The van der Waals surface area contributed by atoms with Gasteiger partial charge in [0, 0.05) is 31.5 Å². The number of hydrogen-bond donors (Lipinski definition) is 2. The Kier molecular flexibility index (Phi) is 6.14. The first-order chi connectivity index (χ1) is 11.3. The van der Waals surface area contributed by atoms with Crippen LogP contribution in [0.5, 0.6) is 0 Å². The van der Waals surface area contributed by atoms with Crippen LogP contribution in [0.1, 0.15) is 33.6 Å². The molecule has 8 heteroatoms. The molecule has 2 aromatic heterocycles.